The van der Waals surface area contributed by atoms with Crippen LogP contribution in [0.15, 0.2) is 92.4 Å². The standard InChI is InChI=1S/C26H18N2O14S5.4Na/c29-25(27-19-9-14-2-4-18(46(33,34)35)8-16(14)11-23(19)45-42-40-32)21-5-6-22(43-21)26(30)28-20-10-13-1-3-17(44-41-39-31)7-15(13)12-24(20)47(36,37)38;;;;/h1-12,31-32H,(H,27,29)(H,28,30)(H,33,34,35)(H,36,37,38);;;;/q;4*+1/p-4. The molecule has 5 aromatic rings. The summed E-state index contributed by atoms with van der Waals surface area (Å²) >= 11 is 1.67. The molecule has 0 saturated carbocycles. The summed E-state index contributed by atoms with van der Waals surface area (Å²) in [5.41, 5.74) is -0.223. The van der Waals surface area contributed by atoms with Crippen LogP contribution in [-0.4, -0.2) is 37.8 Å². The van der Waals surface area contributed by atoms with Crippen molar-refractivity contribution in [2.75, 3.05) is 10.6 Å². The van der Waals surface area contributed by atoms with Crippen LogP contribution in [0.2, 0.25) is 0 Å². The molecule has 0 spiro atoms. The molecule has 0 fully saturated rings. The Hall–Kier alpha value is 0.320. The van der Waals surface area contributed by atoms with E-state index < -0.39 is 41.8 Å². The van der Waals surface area contributed by atoms with Crippen LogP contribution in [0.4, 0.5) is 11.4 Å². The van der Waals surface area contributed by atoms with Crippen molar-refractivity contribution in [3.8, 4) is 0 Å². The molecule has 0 aliphatic rings. The fourth-order valence-corrected chi connectivity index (χ4v) is 7.08. The van der Waals surface area contributed by atoms with E-state index in [-0.39, 0.29) is 155 Å². The number of rotatable bonds is 12. The smallest absolute Gasteiger partial charge is 0.744 e. The molecule has 0 radical (unpaired) electrons. The maximum atomic E-state index is 13.1. The Morgan fingerprint density at radius 1 is 0.608 bits per heavy atom. The van der Waals surface area contributed by atoms with Crippen LogP contribution in [0.1, 0.15) is 19.3 Å². The molecule has 0 bridgehead atoms. The second kappa shape index (κ2) is 21.6. The number of fused-ring (bicyclic) bond motifs is 2. The molecule has 0 atom stereocenters. The summed E-state index contributed by atoms with van der Waals surface area (Å²) < 4.78 is 79.0. The Labute approximate surface area is 390 Å². The van der Waals surface area contributed by atoms with Gasteiger partial charge in [-0.1, -0.05) is 12.1 Å². The minimum atomic E-state index is -5.09. The van der Waals surface area contributed by atoms with E-state index >= 15 is 0 Å². The van der Waals surface area contributed by atoms with Gasteiger partial charge in [-0.25, -0.2) is 16.8 Å². The van der Waals surface area contributed by atoms with Gasteiger partial charge in [0.1, 0.15) is 20.2 Å². The van der Waals surface area contributed by atoms with Crippen molar-refractivity contribution < 1.29 is 183 Å². The number of carbonyl (C=O) groups excluding carboxylic acids is 2. The SMILES string of the molecule is O=C(Nc1cc2ccc(S(=O)(=O)[O-])cc2cc1SOO[O-])c1ccc(C(=O)Nc2cc3ccc(SOO[O-])cc3cc2S(=O)(=O)[O-])s1.[Na+].[Na+].[Na+].[Na+]. The molecular weight excluding hydrogens is 817 g/mol. The summed E-state index contributed by atoms with van der Waals surface area (Å²) in [4.78, 5) is 25.4. The van der Waals surface area contributed by atoms with Gasteiger partial charge in [0.15, 0.2) is 0 Å². The second-order valence-electron chi connectivity index (χ2n) is 9.13. The number of hydrogen-bond acceptors (Lipinski definition) is 17. The maximum Gasteiger partial charge on any atom is 1.00 e. The Kier molecular flexibility index (Phi) is 20.9. The molecule has 0 aliphatic heterocycles. The number of anilines is 2. The first kappa shape index (κ1) is 49.3. The van der Waals surface area contributed by atoms with Crippen LogP contribution >= 0.6 is 35.4 Å². The van der Waals surface area contributed by atoms with Gasteiger partial charge in [-0.3, -0.25) is 19.7 Å². The fraction of sp³-hybridized carbons (Fsp3) is 0. The van der Waals surface area contributed by atoms with Crippen LogP contribution in [0.25, 0.3) is 21.5 Å². The molecular formula is C26H14N2Na4O14S5. The van der Waals surface area contributed by atoms with Gasteiger partial charge in [0.05, 0.1) is 59.9 Å². The van der Waals surface area contributed by atoms with Crippen molar-refractivity contribution in [1.82, 2.24) is 0 Å². The topological polar surface area (TPSA) is 256 Å². The number of carbonyl (C=O) groups is 2. The van der Waals surface area contributed by atoms with Crippen LogP contribution in [0.5, 0.6) is 0 Å². The second-order valence-corrected chi connectivity index (χ2v) is 14.5. The number of hydrogen-bond donors (Lipinski definition) is 2. The van der Waals surface area contributed by atoms with Crippen LogP contribution in [0.3, 0.4) is 0 Å². The van der Waals surface area contributed by atoms with Gasteiger partial charge in [0, 0.05) is 4.90 Å². The summed E-state index contributed by atoms with van der Waals surface area (Å²) in [7, 11) is -9.85. The molecule has 16 nitrogen and oxygen atoms in total. The van der Waals surface area contributed by atoms with E-state index in [1.165, 1.54) is 54.6 Å². The summed E-state index contributed by atoms with van der Waals surface area (Å²) in [5.74, 6) is -1.55. The minimum Gasteiger partial charge on any atom is -0.744 e. The molecule has 246 valence electrons. The molecule has 5 rings (SSSR count). The number of thiophene rings is 1. The summed E-state index contributed by atoms with van der Waals surface area (Å²) in [5, 5.41) is 33.5. The zero-order chi connectivity index (χ0) is 33.9. The molecule has 51 heavy (non-hydrogen) atoms. The predicted octanol–water partition coefficient (Wildman–Crippen LogP) is -9.16. The van der Waals surface area contributed by atoms with E-state index in [2.05, 4.69) is 29.4 Å². The Morgan fingerprint density at radius 2 is 1.14 bits per heavy atom. The molecule has 2 N–H and O–H groups in total. The zero-order valence-corrected chi connectivity index (χ0v) is 38.8. The molecule has 0 saturated heterocycles. The van der Waals surface area contributed by atoms with Crippen molar-refractivity contribution >= 4 is 100 Å². The van der Waals surface area contributed by atoms with Crippen molar-refractivity contribution in [2.45, 2.75) is 19.6 Å². The average molecular weight is 831 g/mol. The third kappa shape index (κ3) is 12.9. The normalized spacial score (nSPS) is 11.1. The molecule has 0 aliphatic carbocycles. The van der Waals surface area contributed by atoms with Gasteiger partial charge in [0.25, 0.3) is 11.8 Å². The van der Waals surface area contributed by atoms with Crippen LogP contribution < -0.4 is 139 Å². The van der Waals surface area contributed by atoms with E-state index in [0.29, 0.717) is 39.8 Å². The van der Waals surface area contributed by atoms with Gasteiger partial charge >= 0.3 is 118 Å². The first-order chi connectivity index (χ1) is 22.3. The molecule has 0 unspecified atom stereocenters. The van der Waals surface area contributed by atoms with Gasteiger partial charge < -0.3 is 30.3 Å². The van der Waals surface area contributed by atoms with E-state index in [1.807, 2.05) is 0 Å². The van der Waals surface area contributed by atoms with E-state index in [9.17, 15) is 46.0 Å². The van der Waals surface area contributed by atoms with E-state index in [4.69, 9.17) is 0 Å². The molecule has 4 aromatic carbocycles. The minimum absolute atomic E-state index is 0. The van der Waals surface area contributed by atoms with Crippen molar-refractivity contribution in [2.24, 2.45) is 0 Å². The van der Waals surface area contributed by atoms with Crippen LogP contribution in [-0.2, 0) is 39.0 Å². The third-order valence-corrected chi connectivity index (χ3v) is 10.2. The Balaban J connectivity index is 0.00000325. The summed E-state index contributed by atoms with van der Waals surface area (Å²) in [6.07, 6.45) is 0. The largest absolute Gasteiger partial charge is 1.00 e. The average Bonchev–Trinajstić information content (AvgIpc) is 3.52. The summed E-state index contributed by atoms with van der Waals surface area (Å²) in [6, 6.07) is 15.7. The Morgan fingerprint density at radius 3 is 1.71 bits per heavy atom. The van der Waals surface area contributed by atoms with Crippen molar-refractivity contribution in [3.63, 3.8) is 0 Å². The molecule has 2 amide bonds. The first-order valence-corrected chi connectivity index (χ1v) is 17.4. The molecule has 1 aromatic heterocycles. The number of benzene rings is 4. The van der Waals surface area contributed by atoms with Gasteiger partial charge in [-0.2, -0.15) is 8.67 Å². The van der Waals surface area contributed by atoms with Gasteiger partial charge in [-0.15, -0.1) is 11.3 Å². The van der Waals surface area contributed by atoms with Crippen molar-refractivity contribution in [1.29, 1.82) is 0 Å². The third-order valence-electron chi connectivity index (χ3n) is 6.24. The van der Waals surface area contributed by atoms with Gasteiger partial charge in [0.2, 0.25) is 0 Å². The predicted molar refractivity (Wildman–Crippen MR) is 160 cm³/mol. The Bertz CT molecular complexity index is 2260. The van der Waals surface area contributed by atoms with Gasteiger partial charge in [-0.05, 0) is 82.2 Å². The number of nitrogens with one attached hydrogen (secondary N) is 2. The molecule has 25 heteroatoms. The zero-order valence-electron chi connectivity index (χ0n) is 26.7. The molecule has 1 heterocycles. The monoisotopic (exact) mass is 830 g/mol. The fourth-order valence-electron chi connectivity index (χ4n) is 4.24. The maximum absolute atomic E-state index is 13.1. The summed E-state index contributed by atoms with van der Waals surface area (Å²) in [6.45, 7) is 0. The van der Waals surface area contributed by atoms with E-state index in [0.717, 1.165) is 29.5 Å². The quantitative estimate of drug-likeness (QED) is 0.0389. The number of amides is 2. The van der Waals surface area contributed by atoms with Crippen molar-refractivity contribution in [3.05, 3.63) is 82.6 Å². The first-order valence-electron chi connectivity index (χ1n) is 12.3. The van der Waals surface area contributed by atoms with E-state index in [1.54, 1.807) is 0 Å². The van der Waals surface area contributed by atoms with Crippen LogP contribution in [0, 0.1) is 0 Å².